The van der Waals surface area contributed by atoms with Crippen LogP contribution in [0.3, 0.4) is 0 Å². The van der Waals surface area contributed by atoms with Gasteiger partial charge in [-0.05, 0) is 38.5 Å². The number of nitrogens with zero attached hydrogens (tertiary/aromatic N) is 2. The number of aliphatic hydroxyl groups is 1. The third kappa shape index (κ3) is 3.90. The highest BCUT2D eigenvalue weighted by Crippen LogP contribution is 2.41. The first-order valence-electron chi connectivity index (χ1n) is 9.63. The molecule has 2 N–H and O–H groups in total. The van der Waals surface area contributed by atoms with Crippen LogP contribution in [0.1, 0.15) is 49.0 Å². The van der Waals surface area contributed by atoms with E-state index >= 15 is 0 Å². The topological polar surface area (TPSA) is 76.4 Å². The highest BCUT2D eigenvalue weighted by atomic mass is 32.2. The molecule has 1 saturated heterocycles. The summed E-state index contributed by atoms with van der Waals surface area (Å²) in [5.74, 6) is 0.770. The van der Waals surface area contributed by atoms with Gasteiger partial charge in [-0.15, -0.1) is 11.8 Å². The van der Waals surface area contributed by atoms with Crippen molar-refractivity contribution in [3.05, 3.63) is 65.6 Å². The van der Waals surface area contributed by atoms with Crippen molar-refractivity contribution in [1.29, 1.82) is 0 Å². The zero-order valence-electron chi connectivity index (χ0n) is 16.8. The highest BCUT2D eigenvalue weighted by Gasteiger charge is 2.34. The fourth-order valence-electron chi connectivity index (χ4n) is 3.72. The molecule has 0 radical (unpaired) electrons. The summed E-state index contributed by atoms with van der Waals surface area (Å²) < 4.78 is 7.32. The molecular weight excluding hydrogens is 386 g/mol. The quantitative estimate of drug-likeness (QED) is 0.666. The maximum absolute atomic E-state index is 13.1. The average Bonchev–Trinajstić information content (AvgIpc) is 3.29. The van der Waals surface area contributed by atoms with Gasteiger partial charge in [-0.1, -0.05) is 24.3 Å². The van der Waals surface area contributed by atoms with E-state index in [0.717, 1.165) is 33.5 Å². The number of fused-ring (bicyclic) bond motifs is 1. The van der Waals surface area contributed by atoms with Crippen LogP contribution >= 0.6 is 11.8 Å². The van der Waals surface area contributed by atoms with Crippen molar-refractivity contribution in [2.75, 3.05) is 5.75 Å². The van der Waals surface area contributed by atoms with Crippen LogP contribution in [0.25, 0.3) is 10.9 Å². The van der Waals surface area contributed by atoms with Crippen LogP contribution in [0.2, 0.25) is 0 Å². The summed E-state index contributed by atoms with van der Waals surface area (Å²) in [6, 6.07) is 11.5. The van der Waals surface area contributed by atoms with Crippen molar-refractivity contribution < 1.29 is 14.6 Å². The summed E-state index contributed by atoms with van der Waals surface area (Å²) in [5.41, 5.74) is 2.75. The van der Waals surface area contributed by atoms with E-state index in [1.807, 2.05) is 63.4 Å². The first-order chi connectivity index (χ1) is 13.9. The van der Waals surface area contributed by atoms with E-state index in [9.17, 15) is 9.90 Å². The second kappa shape index (κ2) is 7.82. The molecule has 3 heterocycles. The minimum Gasteiger partial charge on any atom is -0.443 e. The molecule has 2 unspecified atom stereocenters. The summed E-state index contributed by atoms with van der Waals surface area (Å²) in [6.07, 6.45) is 3.17. The van der Waals surface area contributed by atoms with Gasteiger partial charge in [-0.2, -0.15) is 0 Å². The summed E-state index contributed by atoms with van der Waals surface area (Å²) in [5, 5.41) is 14.7. The molecule has 1 fully saturated rings. The molecule has 152 valence electrons. The molecule has 2 atom stereocenters. The molecule has 2 aromatic heterocycles. The van der Waals surface area contributed by atoms with E-state index < -0.39 is 11.7 Å². The molecule has 0 saturated carbocycles. The number of aliphatic hydroxyl groups excluding tert-OH is 1. The lowest BCUT2D eigenvalue weighted by atomic mass is 10.1. The second-order valence-corrected chi connectivity index (χ2v) is 9.21. The Hall–Kier alpha value is -2.35. The third-order valence-electron chi connectivity index (χ3n) is 4.85. The lowest BCUT2D eigenvalue weighted by Gasteiger charge is -2.23. The Morgan fingerprint density at radius 3 is 2.79 bits per heavy atom. The predicted octanol–water partition coefficient (Wildman–Crippen LogP) is 4.39. The van der Waals surface area contributed by atoms with Gasteiger partial charge in [0.25, 0.3) is 0 Å². The van der Waals surface area contributed by atoms with Gasteiger partial charge in [-0.25, -0.2) is 9.36 Å². The number of benzene rings is 1. The number of hydrogen-bond acceptors (Lipinski definition) is 6. The molecule has 1 aliphatic rings. The Balaban J connectivity index is 1.79. The predicted molar refractivity (Wildman–Crippen MR) is 115 cm³/mol. The van der Waals surface area contributed by atoms with Crippen molar-refractivity contribution >= 4 is 28.8 Å². The number of ether oxygens (including phenoxy) is 1. The maximum Gasteiger partial charge on any atom is 0.419 e. The Morgan fingerprint density at radius 1 is 1.31 bits per heavy atom. The smallest absolute Gasteiger partial charge is 0.419 e. The van der Waals surface area contributed by atoms with E-state index in [1.165, 1.54) is 0 Å². The van der Waals surface area contributed by atoms with Crippen LogP contribution in [0.4, 0.5) is 4.79 Å². The minimum atomic E-state index is -0.616. The molecule has 0 aliphatic carbocycles. The Labute approximate surface area is 174 Å². The molecule has 1 aromatic carbocycles. The van der Waals surface area contributed by atoms with Crippen molar-refractivity contribution in [1.82, 2.24) is 14.9 Å². The van der Waals surface area contributed by atoms with Crippen LogP contribution < -0.4 is 5.32 Å². The van der Waals surface area contributed by atoms with Gasteiger partial charge in [0.1, 0.15) is 5.60 Å². The van der Waals surface area contributed by atoms with Crippen LogP contribution in [-0.4, -0.2) is 32.1 Å². The molecule has 3 aromatic rings. The number of pyridine rings is 1. The first-order valence-corrected chi connectivity index (χ1v) is 10.7. The lowest BCUT2D eigenvalue weighted by Crippen LogP contribution is -2.30. The van der Waals surface area contributed by atoms with E-state index in [0.29, 0.717) is 0 Å². The van der Waals surface area contributed by atoms with E-state index in [4.69, 9.17) is 4.74 Å². The minimum absolute atomic E-state index is 0.0744. The number of aromatic nitrogens is 2. The van der Waals surface area contributed by atoms with Gasteiger partial charge < -0.3 is 9.84 Å². The van der Waals surface area contributed by atoms with Crippen LogP contribution in [0.5, 0.6) is 0 Å². The molecule has 1 aliphatic heterocycles. The number of rotatable bonds is 3. The number of hydrogen-bond donors (Lipinski definition) is 2. The highest BCUT2D eigenvalue weighted by molar-refractivity contribution is 7.99. The number of carbonyl (C=O) groups is 1. The first kappa shape index (κ1) is 19.9. The fourth-order valence-corrected chi connectivity index (χ4v) is 4.95. The second-order valence-electron chi connectivity index (χ2n) is 8.07. The molecular formula is C22H25N3O3S. The number of thioether (sulfide) groups is 1. The zero-order chi connectivity index (χ0) is 20.6. The number of carbonyl (C=O) groups excluding carboxylic acids is 1. The zero-order valence-corrected chi connectivity index (χ0v) is 17.6. The maximum atomic E-state index is 13.1. The van der Waals surface area contributed by atoms with Crippen LogP contribution in [0.15, 0.2) is 48.8 Å². The van der Waals surface area contributed by atoms with Gasteiger partial charge in [0.15, 0.2) is 0 Å². The molecule has 29 heavy (non-hydrogen) atoms. The fraction of sp³-hybridized carbons (Fsp3) is 0.364. The van der Waals surface area contributed by atoms with E-state index in [1.54, 1.807) is 22.5 Å². The third-order valence-corrected chi connectivity index (χ3v) is 6.12. The van der Waals surface area contributed by atoms with Gasteiger partial charge >= 0.3 is 6.09 Å². The molecule has 0 spiro atoms. The molecule has 4 rings (SSSR count). The van der Waals surface area contributed by atoms with Crippen molar-refractivity contribution in [3.8, 4) is 0 Å². The Kier molecular flexibility index (Phi) is 5.38. The SMILES string of the molecule is CC(C)(C)OC(=O)n1c(C2CSC(c3cccnc3)N2)c(CO)c2ccccc21. The Bertz CT molecular complexity index is 1030. The van der Waals surface area contributed by atoms with Gasteiger partial charge in [0.05, 0.1) is 29.2 Å². The van der Waals surface area contributed by atoms with E-state index in [2.05, 4.69) is 10.3 Å². The van der Waals surface area contributed by atoms with Crippen molar-refractivity contribution in [2.24, 2.45) is 0 Å². The normalized spacial score (nSPS) is 19.6. The summed E-state index contributed by atoms with van der Waals surface area (Å²) >= 11 is 1.76. The summed E-state index contributed by atoms with van der Waals surface area (Å²) in [7, 11) is 0. The molecule has 6 nitrogen and oxygen atoms in total. The van der Waals surface area contributed by atoms with E-state index in [-0.39, 0.29) is 18.0 Å². The average molecular weight is 412 g/mol. The monoisotopic (exact) mass is 411 g/mol. The Morgan fingerprint density at radius 2 is 2.10 bits per heavy atom. The van der Waals surface area contributed by atoms with Crippen molar-refractivity contribution in [3.63, 3.8) is 0 Å². The molecule has 0 amide bonds. The van der Waals surface area contributed by atoms with Crippen molar-refractivity contribution in [2.45, 2.75) is 44.4 Å². The lowest BCUT2D eigenvalue weighted by molar-refractivity contribution is 0.0537. The molecule has 0 bridgehead atoms. The van der Waals surface area contributed by atoms with Crippen LogP contribution in [-0.2, 0) is 11.3 Å². The molecule has 7 heteroatoms. The summed E-state index contributed by atoms with van der Waals surface area (Å²) in [4.78, 5) is 17.4. The standard InChI is InChI=1S/C22H25N3O3S/c1-22(2,3)28-21(27)25-18-9-5-4-8-15(18)16(12-26)19(25)17-13-29-20(24-17)14-7-6-10-23-11-14/h4-11,17,20,24,26H,12-13H2,1-3H3. The van der Waals surface area contributed by atoms with Gasteiger partial charge in [-0.3, -0.25) is 10.3 Å². The van der Waals surface area contributed by atoms with Crippen LogP contribution in [0, 0.1) is 0 Å². The number of nitrogens with one attached hydrogen (secondary N) is 1. The van der Waals surface area contributed by atoms with Gasteiger partial charge in [0.2, 0.25) is 0 Å². The number of para-hydroxylation sites is 1. The summed E-state index contributed by atoms with van der Waals surface area (Å²) in [6.45, 7) is 5.41. The largest absolute Gasteiger partial charge is 0.443 e. The van der Waals surface area contributed by atoms with Gasteiger partial charge in [0, 0.05) is 29.1 Å².